The van der Waals surface area contributed by atoms with Crippen LogP contribution in [-0.4, -0.2) is 37.3 Å². The lowest BCUT2D eigenvalue weighted by molar-refractivity contribution is -0.125. The van der Waals surface area contributed by atoms with Crippen LogP contribution in [0.4, 0.5) is 0 Å². The van der Waals surface area contributed by atoms with Crippen molar-refractivity contribution in [1.82, 2.24) is 10.6 Å². The normalized spacial score (nSPS) is 16.9. The van der Waals surface area contributed by atoms with Gasteiger partial charge in [0.25, 0.3) is 0 Å². The van der Waals surface area contributed by atoms with Gasteiger partial charge in [0.15, 0.2) is 0 Å². The maximum absolute atomic E-state index is 11.5. The number of nitrogens with one attached hydrogen (secondary N) is 2. The molecule has 3 N–H and O–H groups in total. The molecule has 0 rings (SSSR count). The van der Waals surface area contributed by atoms with E-state index in [2.05, 4.69) is 10.6 Å². The van der Waals surface area contributed by atoms with E-state index in [0.717, 1.165) is 6.42 Å². The zero-order valence-electron chi connectivity index (χ0n) is 10.2. The van der Waals surface area contributed by atoms with E-state index >= 15 is 0 Å². The fraction of sp³-hybridized carbons (Fsp3) is 0.909. The molecule has 0 radical (unpaired) electrons. The van der Waals surface area contributed by atoms with Gasteiger partial charge in [0.05, 0.1) is 6.10 Å². The zero-order valence-corrected chi connectivity index (χ0v) is 10.2. The molecule has 0 saturated heterocycles. The number of rotatable bonds is 7. The molecular weight excluding hydrogens is 192 g/mol. The summed E-state index contributed by atoms with van der Waals surface area (Å²) < 4.78 is 0. The van der Waals surface area contributed by atoms with Gasteiger partial charge in [0.1, 0.15) is 0 Å². The van der Waals surface area contributed by atoms with Gasteiger partial charge in [-0.05, 0) is 13.0 Å². The van der Waals surface area contributed by atoms with Crippen molar-refractivity contribution in [2.75, 3.05) is 20.1 Å². The SMILES string of the molecule is CCC(C)C(O)CNC(=O)C(C)CNC. The summed E-state index contributed by atoms with van der Waals surface area (Å²) in [5.41, 5.74) is 0. The third-order valence-electron chi connectivity index (χ3n) is 2.74. The highest BCUT2D eigenvalue weighted by Gasteiger charge is 2.16. The van der Waals surface area contributed by atoms with E-state index in [1.807, 2.05) is 27.8 Å². The first-order valence-corrected chi connectivity index (χ1v) is 5.63. The molecule has 0 aromatic carbocycles. The molecule has 0 aromatic rings. The standard InChI is InChI=1S/C11H24N2O2/c1-5-8(2)10(14)7-13-11(15)9(3)6-12-4/h8-10,12,14H,5-7H2,1-4H3,(H,13,15). The molecule has 1 amide bonds. The molecule has 0 bridgehead atoms. The summed E-state index contributed by atoms with van der Waals surface area (Å²) in [6.45, 7) is 6.88. The van der Waals surface area contributed by atoms with E-state index in [1.165, 1.54) is 0 Å². The highest BCUT2D eigenvalue weighted by atomic mass is 16.3. The predicted octanol–water partition coefficient (Wildman–Crippen LogP) is 0.365. The van der Waals surface area contributed by atoms with Crippen LogP contribution in [0.2, 0.25) is 0 Å². The largest absolute Gasteiger partial charge is 0.391 e. The third-order valence-corrected chi connectivity index (χ3v) is 2.74. The second-order valence-electron chi connectivity index (χ2n) is 4.16. The first-order chi connectivity index (χ1) is 7.02. The van der Waals surface area contributed by atoms with Crippen LogP contribution in [-0.2, 0) is 4.79 Å². The van der Waals surface area contributed by atoms with E-state index in [1.54, 1.807) is 0 Å². The van der Waals surface area contributed by atoms with E-state index in [-0.39, 0.29) is 17.7 Å². The number of hydrogen-bond acceptors (Lipinski definition) is 3. The van der Waals surface area contributed by atoms with Gasteiger partial charge in [0, 0.05) is 19.0 Å². The molecule has 0 aliphatic heterocycles. The Morgan fingerprint density at radius 2 is 1.93 bits per heavy atom. The molecule has 90 valence electrons. The molecule has 0 fully saturated rings. The van der Waals surface area contributed by atoms with Gasteiger partial charge in [-0.15, -0.1) is 0 Å². The van der Waals surface area contributed by atoms with Crippen molar-refractivity contribution < 1.29 is 9.90 Å². The number of carbonyl (C=O) groups excluding carboxylic acids is 1. The van der Waals surface area contributed by atoms with Crippen molar-refractivity contribution >= 4 is 5.91 Å². The Bertz CT molecular complexity index is 185. The Morgan fingerprint density at radius 3 is 2.40 bits per heavy atom. The average molecular weight is 216 g/mol. The van der Waals surface area contributed by atoms with E-state index < -0.39 is 6.10 Å². The number of aliphatic hydroxyl groups excluding tert-OH is 1. The smallest absolute Gasteiger partial charge is 0.224 e. The molecule has 0 aliphatic carbocycles. The lowest BCUT2D eigenvalue weighted by Crippen LogP contribution is -2.40. The summed E-state index contributed by atoms with van der Waals surface area (Å²) in [6, 6.07) is 0. The first kappa shape index (κ1) is 14.4. The second kappa shape index (κ2) is 7.65. The lowest BCUT2D eigenvalue weighted by Gasteiger charge is -2.19. The van der Waals surface area contributed by atoms with Crippen LogP contribution in [0.5, 0.6) is 0 Å². The summed E-state index contributed by atoms with van der Waals surface area (Å²) in [5.74, 6) is 0.163. The monoisotopic (exact) mass is 216 g/mol. The minimum Gasteiger partial charge on any atom is -0.391 e. The minimum atomic E-state index is -0.444. The van der Waals surface area contributed by atoms with Gasteiger partial charge in [-0.25, -0.2) is 0 Å². The van der Waals surface area contributed by atoms with Gasteiger partial charge < -0.3 is 15.7 Å². The minimum absolute atomic E-state index is 0.00768. The maximum Gasteiger partial charge on any atom is 0.224 e. The van der Waals surface area contributed by atoms with E-state index in [9.17, 15) is 9.90 Å². The Balaban J connectivity index is 3.79. The average Bonchev–Trinajstić information content (AvgIpc) is 2.24. The van der Waals surface area contributed by atoms with Gasteiger partial charge >= 0.3 is 0 Å². The third kappa shape index (κ3) is 5.74. The molecule has 0 saturated carbocycles. The molecule has 0 heterocycles. The fourth-order valence-corrected chi connectivity index (χ4v) is 1.25. The van der Waals surface area contributed by atoms with Crippen molar-refractivity contribution in [3.05, 3.63) is 0 Å². The van der Waals surface area contributed by atoms with E-state index in [4.69, 9.17) is 0 Å². The molecule has 3 unspecified atom stereocenters. The van der Waals surface area contributed by atoms with Crippen LogP contribution in [0.25, 0.3) is 0 Å². The molecule has 0 aromatic heterocycles. The highest BCUT2D eigenvalue weighted by Crippen LogP contribution is 2.06. The van der Waals surface area contributed by atoms with Crippen molar-refractivity contribution in [3.8, 4) is 0 Å². The van der Waals surface area contributed by atoms with Crippen LogP contribution >= 0.6 is 0 Å². The highest BCUT2D eigenvalue weighted by molar-refractivity contribution is 5.78. The first-order valence-electron chi connectivity index (χ1n) is 5.63. The van der Waals surface area contributed by atoms with Gasteiger partial charge in [-0.2, -0.15) is 0 Å². The molecule has 3 atom stereocenters. The van der Waals surface area contributed by atoms with Gasteiger partial charge in [0.2, 0.25) is 5.91 Å². The number of amides is 1. The number of hydrogen-bond donors (Lipinski definition) is 3. The van der Waals surface area contributed by atoms with Crippen molar-refractivity contribution in [1.29, 1.82) is 0 Å². The Labute approximate surface area is 92.4 Å². The summed E-state index contributed by atoms with van der Waals surface area (Å²) in [6.07, 6.45) is 0.476. The molecule has 15 heavy (non-hydrogen) atoms. The topological polar surface area (TPSA) is 61.4 Å². The Morgan fingerprint density at radius 1 is 1.33 bits per heavy atom. The lowest BCUT2D eigenvalue weighted by atomic mass is 10.0. The number of aliphatic hydroxyl groups is 1. The maximum atomic E-state index is 11.5. The molecule has 0 aliphatic rings. The Kier molecular flexibility index (Phi) is 7.34. The molecule has 4 heteroatoms. The van der Waals surface area contributed by atoms with Crippen molar-refractivity contribution in [2.45, 2.75) is 33.3 Å². The molecular formula is C11H24N2O2. The predicted molar refractivity (Wildman–Crippen MR) is 61.6 cm³/mol. The summed E-state index contributed by atoms with van der Waals surface area (Å²) in [4.78, 5) is 11.5. The van der Waals surface area contributed by atoms with Crippen molar-refractivity contribution in [2.24, 2.45) is 11.8 Å². The van der Waals surface area contributed by atoms with Gasteiger partial charge in [-0.1, -0.05) is 27.2 Å². The van der Waals surface area contributed by atoms with Gasteiger partial charge in [-0.3, -0.25) is 4.79 Å². The van der Waals surface area contributed by atoms with E-state index in [0.29, 0.717) is 13.1 Å². The fourth-order valence-electron chi connectivity index (χ4n) is 1.25. The molecule has 0 spiro atoms. The van der Waals surface area contributed by atoms with Crippen LogP contribution < -0.4 is 10.6 Å². The summed E-state index contributed by atoms with van der Waals surface area (Å²) in [7, 11) is 1.82. The van der Waals surface area contributed by atoms with Crippen LogP contribution in [0.1, 0.15) is 27.2 Å². The Hall–Kier alpha value is -0.610. The van der Waals surface area contributed by atoms with Crippen molar-refractivity contribution in [3.63, 3.8) is 0 Å². The summed E-state index contributed by atoms with van der Waals surface area (Å²) in [5, 5.41) is 15.3. The molecule has 4 nitrogen and oxygen atoms in total. The zero-order chi connectivity index (χ0) is 11.8. The van der Waals surface area contributed by atoms with Crippen LogP contribution in [0, 0.1) is 11.8 Å². The van der Waals surface area contributed by atoms with Crippen LogP contribution in [0.15, 0.2) is 0 Å². The quantitative estimate of drug-likeness (QED) is 0.576. The summed E-state index contributed by atoms with van der Waals surface area (Å²) >= 11 is 0. The number of carbonyl (C=O) groups is 1. The van der Waals surface area contributed by atoms with Crippen LogP contribution in [0.3, 0.4) is 0 Å². The second-order valence-corrected chi connectivity index (χ2v) is 4.16.